The molecule has 8 aromatic carbocycles. The van der Waals surface area contributed by atoms with Gasteiger partial charge in [0.2, 0.25) is 0 Å². The Morgan fingerprint density at radius 2 is 0.440 bits per heavy atom. The average Bonchev–Trinajstić information content (AvgIpc) is 3.13. The molecule has 0 aliphatic rings. The Hall–Kier alpha value is -5.46. The Morgan fingerprint density at radius 1 is 0.240 bits per heavy atom. The molecule has 0 spiro atoms. The SMILES string of the molecule is Cc1cc(C)c(C)c(-c2ccc(-c3ccc(-c4ccc(-c5c(C)c(C)cc(C)c5C)c5ccccc45)c4ccccc34)c3ccccc23)c1C. The summed E-state index contributed by atoms with van der Waals surface area (Å²) in [4.78, 5) is 0. The third-order valence-corrected chi connectivity index (χ3v) is 11.6. The normalized spacial score (nSPS) is 11.6. The van der Waals surface area contributed by atoms with E-state index in [1.807, 2.05) is 0 Å². The van der Waals surface area contributed by atoms with Crippen molar-refractivity contribution in [2.75, 3.05) is 0 Å². The lowest BCUT2D eigenvalue weighted by molar-refractivity contribution is 1.25. The Labute approximate surface area is 297 Å². The first-order valence-corrected chi connectivity index (χ1v) is 17.9. The van der Waals surface area contributed by atoms with Gasteiger partial charge in [-0.15, -0.1) is 0 Å². The average molecular weight is 645 g/mol. The van der Waals surface area contributed by atoms with E-state index in [2.05, 4.69) is 177 Å². The molecule has 0 nitrogen and oxygen atoms in total. The number of hydrogen-bond acceptors (Lipinski definition) is 0. The fourth-order valence-corrected chi connectivity index (χ4v) is 8.51. The summed E-state index contributed by atoms with van der Waals surface area (Å²) in [5, 5.41) is 7.72. The van der Waals surface area contributed by atoms with Crippen molar-refractivity contribution in [1.29, 1.82) is 0 Å². The van der Waals surface area contributed by atoms with Crippen LogP contribution in [0.4, 0.5) is 0 Å². The van der Waals surface area contributed by atoms with Gasteiger partial charge in [0, 0.05) is 0 Å². The molecule has 0 atom stereocenters. The molecule has 0 aliphatic carbocycles. The van der Waals surface area contributed by atoms with Gasteiger partial charge in [-0.3, -0.25) is 0 Å². The van der Waals surface area contributed by atoms with E-state index in [4.69, 9.17) is 0 Å². The number of rotatable bonds is 4. The van der Waals surface area contributed by atoms with Gasteiger partial charge in [-0.2, -0.15) is 0 Å². The van der Waals surface area contributed by atoms with E-state index in [1.54, 1.807) is 0 Å². The van der Waals surface area contributed by atoms with Gasteiger partial charge in [-0.25, -0.2) is 0 Å². The first-order valence-electron chi connectivity index (χ1n) is 17.9. The van der Waals surface area contributed by atoms with Crippen LogP contribution in [0.2, 0.25) is 0 Å². The molecule has 0 radical (unpaired) electrons. The van der Waals surface area contributed by atoms with Crippen molar-refractivity contribution < 1.29 is 0 Å². The second kappa shape index (κ2) is 12.1. The number of aryl methyl sites for hydroxylation is 4. The molecule has 0 fully saturated rings. The third-order valence-electron chi connectivity index (χ3n) is 11.6. The first kappa shape index (κ1) is 31.8. The van der Waals surface area contributed by atoms with Crippen LogP contribution in [0.5, 0.6) is 0 Å². The predicted octanol–water partition coefficient (Wildman–Crippen LogP) is 14.3. The number of benzene rings is 8. The quantitative estimate of drug-likeness (QED) is 0.179. The summed E-state index contributed by atoms with van der Waals surface area (Å²) in [6, 6.07) is 45.7. The first-order chi connectivity index (χ1) is 24.2. The van der Waals surface area contributed by atoms with E-state index in [9.17, 15) is 0 Å². The molecule has 8 aromatic rings. The van der Waals surface area contributed by atoms with Crippen LogP contribution >= 0.6 is 0 Å². The molecule has 8 rings (SSSR count). The van der Waals surface area contributed by atoms with Crippen molar-refractivity contribution in [3.05, 3.63) is 166 Å². The van der Waals surface area contributed by atoms with E-state index in [1.165, 1.54) is 121 Å². The van der Waals surface area contributed by atoms with Crippen molar-refractivity contribution in [2.24, 2.45) is 0 Å². The largest absolute Gasteiger partial charge is 0.0616 e. The smallest absolute Gasteiger partial charge is 0.00987 e. The van der Waals surface area contributed by atoms with Gasteiger partial charge in [-0.05, 0) is 177 Å². The monoisotopic (exact) mass is 644 g/mol. The van der Waals surface area contributed by atoms with Crippen molar-refractivity contribution in [1.82, 2.24) is 0 Å². The topological polar surface area (TPSA) is 0 Å². The van der Waals surface area contributed by atoms with Crippen molar-refractivity contribution in [2.45, 2.75) is 55.4 Å². The Kier molecular flexibility index (Phi) is 7.72. The van der Waals surface area contributed by atoms with Gasteiger partial charge in [0.1, 0.15) is 0 Å². The molecular weight excluding hydrogens is 601 g/mol. The molecule has 0 saturated carbocycles. The maximum Gasteiger partial charge on any atom is -0.00987 e. The maximum absolute atomic E-state index is 2.36. The highest BCUT2D eigenvalue weighted by Crippen LogP contribution is 2.45. The molecule has 0 amide bonds. The van der Waals surface area contributed by atoms with E-state index >= 15 is 0 Å². The summed E-state index contributed by atoms with van der Waals surface area (Å²) in [7, 11) is 0. The van der Waals surface area contributed by atoms with Crippen LogP contribution in [0.15, 0.2) is 121 Å². The lowest BCUT2D eigenvalue weighted by Gasteiger charge is -2.20. The Balaban J connectivity index is 1.34. The van der Waals surface area contributed by atoms with Crippen molar-refractivity contribution in [3.63, 3.8) is 0 Å². The van der Waals surface area contributed by atoms with E-state index in [0.29, 0.717) is 0 Å². The van der Waals surface area contributed by atoms with E-state index < -0.39 is 0 Å². The molecule has 0 aromatic heterocycles. The maximum atomic E-state index is 2.36. The zero-order valence-corrected chi connectivity index (χ0v) is 30.5. The second-order valence-corrected chi connectivity index (χ2v) is 14.4. The van der Waals surface area contributed by atoms with Crippen LogP contribution in [0.25, 0.3) is 76.8 Å². The predicted molar refractivity (Wildman–Crippen MR) is 219 cm³/mol. The summed E-state index contributed by atoms with van der Waals surface area (Å²) in [6.07, 6.45) is 0. The minimum atomic E-state index is 1.27. The Morgan fingerprint density at radius 3 is 0.680 bits per heavy atom. The third kappa shape index (κ3) is 4.89. The second-order valence-electron chi connectivity index (χ2n) is 14.4. The highest BCUT2D eigenvalue weighted by atomic mass is 14.2. The molecule has 0 bridgehead atoms. The molecule has 50 heavy (non-hydrogen) atoms. The van der Waals surface area contributed by atoms with E-state index in [-0.39, 0.29) is 0 Å². The molecule has 0 heteroatoms. The van der Waals surface area contributed by atoms with Crippen LogP contribution in [-0.2, 0) is 0 Å². The highest BCUT2D eigenvalue weighted by molar-refractivity contribution is 6.15. The van der Waals surface area contributed by atoms with Gasteiger partial charge >= 0.3 is 0 Å². The summed E-state index contributed by atoms with van der Waals surface area (Å²) < 4.78 is 0. The Bertz CT molecular complexity index is 2430. The van der Waals surface area contributed by atoms with Crippen molar-refractivity contribution in [3.8, 4) is 44.5 Å². The number of hydrogen-bond donors (Lipinski definition) is 0. The molecular formula is C50H44. The summed E-state index contributed by atoms with van der Waals surface area (Å²) in [5.74, 6) is 0. The molecule has 0 N–H and O–H groups in total. The minimum absolute atomic E-state index is 1.27. The summed E-state index contributed by atoms with van der Waals surface area (Å²) >= 11 is 0. The van der Waals surface area contributed by atoms with Gasteiger partial charge in [-0.1, -0.05) is 121 Å². The molecule has 0 heterocycles. The van der Waals surface area contributed by atoms with Crippen LogP contribution in [0.3, 0.4) is 0 Å². The van der Waals surface area contributed by atoms with Crippen molar-refractivity contribution >= 4 is 32.3 Å². The fraction of sp³-hybridized carbons (Fsp3) is 0.160. The van der Waals surface area contributed by atoms with Crippen LogP contribution in [0, 0.1) is 55.4 Å². The van der Waals surface area contributed by atoms with E-state index in [0.717, 1.165) is 0 Å². The molecule has 0 aliphatic heterocycles. The molecule has 0 unspecified atom stereocenters. The van der Waals surface area contributed by atoms with Gasteiger partial charge in [0.15, 0.2) is 0 Å². The van der Waals surface area contributed by atoms with Gasteiger partial charge in [0.05, 0.1) is 0 Å². The summed E-state index contributed by atoms with van der Waals surface area (Å²) in [6.45, 7) is 18.0. The lowest BCUT2D eigenvalue weighted by atomic mass is 9.83. The fourth-order valence-electron chi connectivity index (χ4n) is 8.51. The van der Waals surface area contributed by atoms with Gasteiger partial charge < -0.3 is 0 Å². The van der Waals surface area contributed by atoms with Crippen LogP contribution < -0.4 is 0 Å². The lowest BCUT2D eigenvalue weighted by Crippen LogP contribution is -1.97. The zero-order chi connectivity index (χ0) is 34.8. The minimum Gasteiger partial charge on any atom is -0.0616 e. The molecule has 244 valence electrons. The standard InChI is InChI=1S/C50H44/c1-29-27-30(2)34(6)49(33(29)5)47-25-23-45(39-17-11-13-19-41(39)47)43-21-22-44(38-16-10-9-15-37(38)43)46-24-26-48(42-20-14-12-18-40(42)46)50-35(7)31(3)28-32(4)36(50)8/h9-28H,1-8H3. The number of fused-ring (bicyclic) bond motifs is 3. The molecule has 0 saturated heterocycles. The zero-order valence-electron chi connectivity index (χ0n) is 30.5. The summed E-state index contributed by atoms with van der Waals surface area (Å²) in [5.41, 5.74) is 21.3. The van der Waals surface area contributed by atoms with Crippen LogP contribution in [0.1, 0.15) is 44.5 Å². The highest BCUT2D eigenvalue weighted by Gasteiger charge is 2.19. The van der Waals surface area contributed by atoms with Gasteiger partial charge in [0.25, 0.3) is 0 Å². The van der Waals surface area contributed by atoms with Crippen LogP contribution in [-0.4, -0.2) is 0 Å².